The number of para-hydroxylation sites is 1. The third kappa shape index (κ3) is 3.62. The predicted octanol–water partition coefficient (Wildman–Crippen LogP) is 5.03. The monoisotopic (exact) mass is 354 g/mol. The van der Waals surface area contributed by atoms with E-state index < -0.39 is 0 Å². The van der Waals surface area contributed by atoms with Crippen LogP contribution >= 0.6 is 15.9 Å². The third-order valence-corrected chi connectivity index (χ3v) is 3.64. The normalized spacial score (nSPS) is 10.3. The van der Waals surface area contributed by atoms with Crippen LogP contribution in [-0.4, -0.2) is 9.97 Å². The second-order valence-corrected chi connectivity index (χ2v) is 5.76. The summed E-state index contributed by atoms with van der Waals surface area (Å²) >= 11 is 3.45. The van der Waals surface area contributed by atoms with Gasteiger partial charge in [-0.3, -0.25) is 0 Å². The van der Waals surface area contributed by atoms with Gasteiger partial charge >= 0.3 is 0 Å². The van der Waals surface area contributed by atoms with E-state index in [0.717, 1.165) is 21.7 Å². The summed E-state index contributed by atoms with van der Waals surface area (Å²) in [5.41, 5.74) is 3.14. The minimum atomic E-state index is 0.552. The lowest BCUT2D eigenvalue weighted by Crippen LogP contribution is -2.01. The van der Waals surface area contributed by atoms with E-state index in [1.54, 1.807) is 6.20 Å². The fourth-order valence-corrected chi connectivity index (χ4v) is 2.43. The first-order chi connectivity index (χ1) is 10.7. The molecule has 0 bridgehead atoms. The van der Waals surface area contributed by atoms with Crippen LogP contribution in [0.15, 0.2) is 65.3 Å². The topological polar surface area (TPSA) is 49.8 Å². The smallest absolute Gasteiger partial charge is 0.229 e. The maximum atomic E-state index is 4.49. The van der Waals surface area contributed by atoms with Crippen LogP contribution in [0, 0.1) is 6.92 Å². The highest BCUT2D eigenvalue weighted by molar-refractivity contribution is 9.10. The molecule has 0 saturated heterocycles. The number of rotatable bonds is 4. The molecule has 0 radical (unpaired) electrons. The van der Waals surface area contributed by atoms with Crippen LogP contribution in [0.5, 0.6) is 0 Å². The van der Waals surface area contributed by atoms with Crippen molar-refractivity contribution in [1.82, 2.24) is 9.97 Å². The summed E-state index contributed by atoms with van der Waals surface area (Å²) in [5.74, 6) is 1.30. The number of halogens is 1. The van der Waals surface area contributed by atoms with Crippen molar-refractivity contribution in [2.75, 3.05) is 10.6 Å². The van der Waals surface area contributed by atoms with Crippen molar-refractivity contribution in [2.24, 2.45) is 0 Å². The van der Waals surface area contributed by atoms with Crippen LogP contribution in [0.2, 0.25) is 0 Å². The summed E-state index contributed by atoms with van der Waals surface area (Å²) in [6.07, 6.45) is 1.73. The molecule has 3 rings (SSSR count). The SMILES string of the molecule is Cc1ccccc1Nc1ccnc(Nc2cccc(Br)c2)n1. The molecule has 0 aliphatic carbocycles. The molecule has 0 saturated carbocycles. The molecular formula is C17H15BrN4. The molecule has 0 atom stereocenters. The summed E-state index contributed by atoms with van der Waals surface area (Å²) in [6, 6.07) is 17.8. The van der Waals surface area contributed by atoms with Gasteiger partial charge in [-0.1, -0.05) is 40.2 Å². The van der Waals surface area contributed by atoms with E-state index in [0.29, 0.717) is 5.95 Å². The molecule has 0 fully saturated rings. The van der Waals surface area contributed by atoms with Crippen molar-refractivity contribution in [1.29, 1.82) is 0 Å². The zero-order valence-corrected chi connectivity index (χ0v) is 13.6. The van der Waals surface area contributed by atoms with Gasteiger partial charge in [-0.2, -0.15) is 4.98 Å². The van der Waals surface area contributed by atoms with Gasteiger partial charge in [0.1, 0.15) is 5.82 Å². The number of aromatic nitrogens is 2. The molecule has 0 amide bonds. The molecule has 110 valence electrons. The number of aryl methyl sites for hydroxylation is 1. The fourth-order valence-electron chi connectivity index (χ4n) is 2.04. The van der Waals surface area contributed by atoms with Crippen molar-refractivity contribution >= 4 is 39.1 Å². The highest BCUT2D eigenvalue weighted by Gasteiger charge is 2.02. The lowest BCUT2D eigenvalue weighted by atomic mass is 10.2. The van der Waals surface area contributed by atoms with E-state index in [1.807, 2.05) is 48.5 Å². The largest absolute Gasteiger partial charge is 0.340 e. The Morgan fingerprint density at radius 3 is 2.64 bits per heavy atom. The van der Waals surface area contributed by atoms with Crippen molar-refractivity contribution in [3.63, 3.8) is 0 Å². The minimum absolute atomic E-state index is 0.552. The number of hydrogen-bond donors (Lipinski definition) is 2. The van der Waals surface area contributed by atoms with E-state index in [9.17, 15) is 0 Å². The van der Waals surface area contributed by atoms with Gasteiger partial charge in [0.05, 0.1) is 0 Å². The fraction of sp³-hybridized carbons (Fsp3) is 0.0588. The second kappa shape index (κ2) is 6.58. The molecule has 0 spiro atoms. The van der Waals surface area contributed by atoms with Crippen molar-refractivity contribution in [3.05, 3.63) is 70.8 Å². The summed E-state index contributed by atoms with van der Waals surface area (Å²) in [7, 11) is 0. The first-order valence-corrected chi connectivity index (χ1v) is 7.68. The number of nitrogens with zero attached hydrogens (tertiary/aromatic N) is 2. The number of anilines is 4. The summed E-state index contributed by atoms with van der Waals surface area (Å²) in [5, 5.41) is 6.50. The second-order valence-electron chi connectivity index (χ2n) is 4.84. The van der Waals surface area contributed by atoms with Gasteiger partial charge in [-0.05, 0) is 42.8 Å². The zero-order chi connectivity index (χ0) is 15.4. The number of nitrogens with one attached hydrogen (secondary N) is 2. The Hall–Kier alpha value is -2.40. The Labute approximate surface area is 137 Å². The number of hydrogen-bond acceptors (Lipinski definition) is 4. The Kier molecular flexibility index (Phi) is 4.34. The zero-order valence-electron chi connectivity index (χ0n) is 12.0. The standard InChI is InChI=1S/C17H15BrN4/c1-12-5-2-3-8-15(12)21-16-9-10-19-17(22-16)20-14-7-4-6-13(18)11-14/h2-11H,1H3,(H2,19,20,21,22). The Bertz CT molecular complexity index is 789. The molecule has 0 aliphatic heterocycles. The van der Waals surface area contributed by atoms with E-state index in [4.69, 9.17) is 0 Å². The molecule has 3 aromatic rings. The molecule has 4 nitrogen and oxygen atoms in total. The van der Waals surface area contributed by atoms with Crippen molar-refractivity contribution < 1.29 is 0 Å². The van der Waals surface area contributed by atoms with Crippen LogP contribution in [0.1, 0.15) is 5.56 Å². The molecule has 0 unspecified atom stereocenters. The van der Waals surface area contributed by atoms with Crippen LogP contribution in [0.4, 0.5) is 23.1 Å². The Morgan fingerprint density at radius 1 is 0.955 bits per heavy atom. The molecule has 2 N–H and O–H groups in total. The van der Waals surface area contributed by atoms with Crippen LogP contribution in [-0.2, 0) is 0 Å². The number of benzene rings is 2. The average Bonchev–Trinajstić information content (AvgIpc) is 2.50. The van der Waals surface area contributed by atoms with E-state index in [-0.39, 0.29) is 0 Å². The van der Waals surface area contributed by atoms with Crippen molar-refractivity contribution in [3.8, 4) is 0 Å². The molecule has 1 aromatic heterocycles. The van der Waals surface area contributed by atoms with E-state index in [1.165, 1.54) is 5.56 Å². The highest BCUT2D eigenvalue weighted by atomic mass is 79.9. The van der Waals surface area contributed by atoms with Crippen LogP contribution in [0.25, 0.3) is 0 Å². The molecule has 22 heavy (non-hydrogen) atoms. The van der Waals surface area contributed by atoms with Crippen LogP contribution in [0.3, 0.4) is 0 Å². The summed E-state index contributed by atoms with van der Waals surface area (Å²) in [4.78, 5) is 8.74. The van der Waals surface area contributed by atoms with Crippen molar-refractivity contribution in [2.45, 2.75) is 6.92 Å². The quantitative estimate of drug-likeness (QED) is 0.689. The van der Waals surface area contributed by atoms with Gasteiger partial charge in [0.25, 0.3) is 0 Å². The van der Waals surface area contributed by atoms with Crippen LogP contribution < -0.4 is 10.6 Å². The molecule has 0 aliphatic rings. The average molecular weight is 355 g/mol. The van der Waals surface area contributed by atoms with E-state index in [2.05, 4.69) is 49.5 Å². The van der Waals surface area contributed by atoms with Gasteiger partial charge < -0.3 is 10.6 Å². The summed E-state index contributed by atoms with van der Waals surface area (Å²) in [6.45, 7) is 2.06. The third-order valence-electron chi connectivity index (χ3n) is 3.14. The first-order valence-electron chi connectivity index (χ1n) is 6.89. The van der Waals surface area contributed by atoms with Gasteiger partial charge in [0.2, 0.25) is 5.95 Å². The minimum Gasteiger partial charge on any atom is -0.340 e. The Morgan fingerprint density at radius 2 is 1.82 bits per heavy atom. The van der Waals surface area contributed by atoms with Gasteiger partial charge in [0, 0.05) is 22.0 Å². The predicted molar refractivity (Wildman–Crippen MR) is 93.9 cm³/mol. The van der Waals surface area contributed by atoms with Gasteiger partial charge in [0.15, 0.2) is 0 Å². The van der Waals surface area contributed by atoms with E-state index >= 15 is 0 Å². The molecule has 1 heterocycles. The Balaban J connectivity index is 1.79. The maximum absolute atomic E-state index is 4.49. The molecule has 2 aromatic carbocycles. The summed E-state index contributed by atoms with van der Waals surface area (Å²) < 4.78 is 1.01. The maximum Gasteiger partial charge on any atom is 0.229 e. The molecular weight excluding hydrogens is 340 g/mol. The molecule has 5 heteroatoms. The lowest BCUT2D eigenvalue weighted by Gasteiger charge is -2.10. The van der Waals surface area contributed by atoms with Gasteiger partial charge in [-0.15, -0.1) is 0 Å². The lowest BCUT2D eigenvalue weighted by molar-refractivity contribution is 1.16. The highest BCUT2D eigenvalue weighted by Crippen LogP contribution is 2.21. The van der Waals surface area contributed by atoms with Gasteiger partial charge in [-0.25, -0.2) is 4.98 Å². The first kappa shape index (κ1) is 14.5.